The fourth-order valence-corrected chi connectivity index (χ4v) is 2.71. The molecule has 0 saturated heterocycles. The maximum absolute atomic E-state index is 12.1. The van der Waals surface area contributed by atoms with Crippen molar-refractivity contribution in [3.63, 3.8) is 0 Å². The molecule has 0 spiro atoms. The first-order valence-corrected chi connectivity index (χ1v) is 7.01. The van der Waals surface area contributed by atoms with Gasteiger partial charge in [0.1, 0.15) is 6.73 Å². The fourth-order valence-electron chi connectivity index (χ4n) is 2.71. The average Bonchev–Trinajstić information content (AvgIpc) is 2.88. The summed E-state index contributed by atoms with van der Waals surface area (Å²) in [6, 6.07) is 5.94. The summed E-state index contributed by atoms with van der Waals surface area (Å²) in [6.07, 6.45) is 2.08. The number of fused-ring (bicyclic) bond motifs is 1. The Balaban J connectivity index is 2.09. The number of guanidine groups is 1. The van der Waals surface area contributed by atoms with Crippen molar-refractivity contribution in [1.29, 1.82) is 0 Å². The van der Waals surface area contributed by atoms with Gasteiger partial charge in [-0.15, -0.1) is 0 Å². The van der Waals surface area contributed by atoms with Crippen molar-refractivity contribution < 1.29 is 9.53 Å². The molecule has 3 rings (SSSR count). The van der Waals surface area contributed by atoms with Crippen LogP contribution in [0.15, 0.2) is 29.4 Å². The van der Waals surface area contributed by atoms with Gasteiger partial charge < -0.3 is 10.5 Å². The van der Waals surface area contributed by atoms with Crippen LogP contribution < -0.4 is 5.73 Å². The summed E-state index contributed by atoms with van der Waals surface area (Å²) in [5.41, 5.74) is 7.08. The van der Waals surface area contributed by atoms with Crippen LogP contribution in [0.2, 0.25) is 0 Å². The van der Waals surface area contributed by atoms with Crippen LogP contribution in [0.1, 0.15) is 18.9 Å². The highest BCUT2D eigenvalue weighted by Gasteiger charge is 2.36. The second-order valence-corrected chi connectivity index (χ2v) is 5.71. The van der Waals surface area contributed by atoms with Crippen molar-refractivity contribution in [3.8, 4) is 0 Å². The molecule has 0 aliphatic carbocycles. The highest BCUT2D eigenvalue weighted by molar-refractivity contribution is 5.98. The molecule has 1 amide bonds. The van der Waals surface area contributed by atoms with Crippen molar-refractivity contribution in [2.75, 3.05) is 14.2 Å². The third kappa shape index (κ3) is 2.23. The first kappa shape index (κ1) is 14.5. The van der Waals surface area contributed by atoms with Gasteiger partial charge in [-0.25, -0.2) is 9.67 Å². The minimum Gasteiger partial charge on any atom is -0.369 e. The standard InChI is InChI=1S/C15H19N5O2/c1-15(7-13(21)19(2)14(16)18-15)11-5-4-10-8-17-20(9-22-3)12(10)6-11/h4-6,8H,7,9H2,1-3H3,(H2,16,18)/t15-/m0/s1. The highest BCUT2D eigenvalue weighted by atomic mass is 16.5. The molecule has 0 radical (unpaired) electrons. The minimum atomic E-state index is -0.663. The van der Waals surface area contributed by atoms with Crippen molar-refractivity contribution in [2.45, 2.75) is 25.6 Å². The minimum absolute atomic E-state index is 0.0412. The van der Waals surface area contributed by atoms with Gasteiger partial charge in [-0.3, -0.25) is 9.69 Å². The molecule has 0 fully saturated rings. The summed E-state index contributed by atoms with van der Waals surface area (Å²) in [7, 11) is 3.26. The number of methoxy groups -OCH3 is 1. The van der Waals surface area contributed by atoms with E-state index in [1.54, 1.807) is 25.0 Å². The number of hydrogen-bond donors (Lipinski definition) is 1. The third-order valence-electron chi connectivity index (χ3n) is 4.09. The van der Waals surface area contributed by atoms with E-state index in [1.165, 1.54) is 4.90 Å². The van der Waals surface area contributed by atoms with Crippen molar-refractivity contribution in [2.24, 2.45) is 10.7 Å². The molecular weight excluding hydrogens is 282 g/mol. The number of rotatable bonds is 3. The number of hydrogen-bond acceptors (Lipinski definition) is 5. The molecule has 1 atom stereocenters. The van der Waals surface area contributed by atoms with Crippen molar-refractivity contribution in [1.82, 2.24) is 14.7 Å². The maximum atomic E-state index is 12.1. The van der Waals surface area contributed by atoms with Crippen LogP contribution in [0.25, 0.3) is 10.9 Å². The molecule has 1 aromatic heterocycles. The normalized spacial score (nSPS) is 22.2. The topological polar surface area (TPSA) is 85.7 Å². The molecule has 1 aromatic carbocycles. The van der Waals surface area contributed by atoms with Crippen LogP contribution in [0, 0.1) is 0 Å². The van der Waals surface area contributed by atoms with Gasteiger partial charge in [0.25, 0.3) is 0 Å². The molecule has 116 valence electrons. The quantitative estimate of drug-likeness (QED) is 0.917. The first-order valence-electron chi connectivity index (χ1n) is 7.01. The van der Waals surface area contributed by atoms with Crippen LogP contribution in [-0.4, -0.2) is 40.7 Å². The number of nitrogens with two attached hydrogens (primary N) is 1. The zero-order chi connectivity index (χ0) is 15.9. The summed E-state index contributed by atoms with van der Waals surface area (Å²) >= 11 is 0. The van der Waals surface area contributed by atoms with Crippen LogP contribution in [-0.2, 0) is 21.8 Å². The number of carbonyl (C=O) groups excluding carboxylic acids is 1. The van der Waals surface area contributed by atoms with Gasteiger partial charge >= 0.3 is 0 Å². The largest absolute Gasteiger partial charge is 0.369 e. The smallest absolute Gasteiger partial charge is 0.231 e. The number of carbonyl (C=O) groups is 1. The zero-order valence-electron chi connectivity index (χ0n) is 12.9. The van der Waals surface area contributed by atoms with E-state index in [1.807, 2.05) is 25.1 Å². The maximum Gasteiger partial charge on any atom is 0.231 e. The van der Waals surface area contributed by atoms with E-state index >= 15 is 0 Å². The molecular formula is C15H19N5O2. The molecule has 1 aliphatic heterocycles. The van der Waals surface area contributed by atoms with Crippen molar-refractivity contribution in [3.05, 3.63) is 30.0 Å². The summed E-state index contributed by atoms with van der Waals surface area (Å²) in [5.74, 6) is 0.199. The van der Waals surface area contributed by atoms with Crippen LogP contribution in [0.3, 0.4) is 0 Å². The zero-order valence-corrected chi connectivity index (χ0v) is 12.9. The Morgan fingerprint density at radius 2 is 2.23 bits per heavy atom. The van der Waals surface area contributed by atoms with E-state index in [2.05, 4.69) is 10.1 Å². The fraction of sp³-hybridized carbons (Fsp3) is 0.400. The SMILES string of the molecule is COCn1ncc2ccc([C@]3(C)CC(=O)N(C)C(N)=N3)cc21. The highest BCUT2D eigenvalue weighted by Crippen LogP contribution is 2.34. The number of benzene rings is 1. The van der Waals surface area contributed by atoms with E-state index < -0.39 is 5.54 Å². The summed E-state index contributed by atoms with van der Waals surface area (Å²) in [4.78, 5) is 18.0. The number of ether oxygens (including phenoxy) is 1. The number of aliphatic imine (C=N–C) groups is 1. The van der Waals surface area contributed by atoms with Crippen molar-refractivity contribution >= 4 is 22.8 Å². The van der Waals surface area contributed by atoms with E-state index in [0.717, 1.165) is 16.5 Å². The lowest BCUT2D eigenvalue weighted by Gasteiger charge is -2.33. The lowest BCUT2D eigenvalue weighted by Crippen LogP contribution is -2.47. The van der Waals surface area contributed by atoms with Crippen LogP contribution in [0.5, 0.6) is 0 Å². The van der Waals surface area contributed by atoms with Gasteiger partial charge in [0.05, 0.1) is 23.7 Å². The Kier molecular flexibility index (Phi) is 3.37. The lowest BCUT2D eigenvalue weighted by molar-refractivity contribution is -0.128. The molecule has 7 heteroatoms. The molecule has 0 unspecified atom stereocenters. The Morgan fingerprint density at radius 1 is 1.45 bits per heavy atom. The Labute approximate surface area is 128 Å². The molecule has 2 N–H and O–H groups in total. The average molecular weight is 301 g/mol. The summed E-state index contributed by atoms with van der Waals surface area (Å²) < 4.78 is 6.91. The van der Waals surface area contributed by atoms with E-state index in [4.69, 9.17) is 10.5 Å². The molecule has 0 bridgehead atoms. The van der Waals surface area contributed by atoms with Gasteiger partial charge in [0, 0.05) is 19.5 Å². The monoisotopic (exact) mass is 301 g/mol. The van der Waals surface area contributed by atoms with Crippen LogP contribution in [0.4, 0.5) is 0 Å². The number of aromatic nitrogens is 2. The van der Waals surface area contributed by atoms with E-state index in [9.17, 15) is 4.79 Å². The molecule has 0 saturated carbocycles. The van der Waals surface area contributed by atoms with Gasteiger partial charge in [-0.2, -0.15) is 5.10 Å². The second kappa shape index (κ2) is 5.10. The van der Waals surface area contributed by atoms with Crippen LogP contribution >= 0.6 is 0 Å². The van der Waals surface area contributed by atoms with Gasteiger partial charge in [-0.05, 0) is 18.6 Å². The predicted octanol–water partition coefficient (Wildman–Crippen LogP) is 1.03. The second-order valence-electron chi connectivity index (χ2n) is 5.71. The lowest BCUT2D eigenvalue weighted by atomic mass is 9.87. The van der Waals surface area contributed by atoms with Gasteiger partial charge in [-0.1, -0.05) is 12.1 Å². The summed E-state index contributed by atoms with van der Waals surface area (Å²) in [5, 5.41) is 5.31. The Hall–Kier alpha value is -2.41. The first-order chi connectivity index (χ1) is 10.4. The van der Waals surface area contributed by atoms with E-state index in [0.29, 0.717) is 6.73 Å². The summed E-state index contributed by atoms with van der Waals surface area (Å²) in [6.45, 7) is 2.29. The van der Waals surface area contributed by atoms with Gasteiger partial charge in [0.2, 0.25) is 5.91 Å². The number of amides is 1. The molecule has 2 heterocycles. The Bertz CT molecular complexity index is 766. The Morgan fingerprint density at radius 3 is 2.91 bits per heavy atom. The molecule has 22 heavy (non-hydrogen) atoms. The van der Waals surface area contributed by atoms with E-state index in [-0.39, 0.29) is 18.3 Å². The van der Waals surface area contributed by atoms with Gasteiger partial charge in [0.15, 0.2) is 5.96 Å². The predicted molar refractivity (Wildman–Crippen MR) is 83.1 cm³/mol. The molecule has 2 aromatic rings. The third-order valence-corrected chi connectivity index (χ3v) is 4.09. The molecule has 1 aliphatic rings. The molecule has 7 nitrogen and oxygen atoms in total. The number of nitrogens with zero attached hydrogens (tertiary/aromatic N) is 4.